The van der Waals surface area contributed by atoms with Crippen molar-refractivity contribution in [1.82, 2.24) is 5.32 Å². The van der Waals surface area contributed by atoms with E-state index >= 15 is 0 Å². The monoisotopic (exact) mass is 447 g/mol. The van der Waals surface area contributed by atoms with Gasteiger partial charge in [0.2, 0.25) is 0 Å². The highest BCUT2D eigenvalue weighted by Gasteiger charge is 2.30. The largest absolute Gasteiger partial charge is 0.492 e. The molecule has 0 saturated carbocycles. The second kappa shape index (κ2) is 11.9. The number of nitrogens with one attached hydrogen (secondary N) is 1. The average molecular weight is 448 g/mol. The van der Waals surface area contributed by atoms with Gasteiger partial charge in [0.25, 0.3) is 0 Å². The molecule has 0 spiro atoms. The summed E-state index contributed by atoms with van der Waals surface area (Å²) >= 11 is 0. The van der Waals surface area contributed by atoms with Gasteiger partial charge in [-0.1, -0.05) is 24.3 Å². The van der Waals surface area contributed by atoms with Gasteiger partial charge in [0.05, 0.1) is 11.7 Å². The summed E-state index contributed by atoms with van der Waals surface area (Å²) in [5, 5.41) is 13.0. The summed E-state index contributed by atoms with van der Waals surface area (Å²) in [6.07, 6.45) is -6.11. The molecule has 0 heterocycles. The Morgan fingerprint density at radius 2 is 1.80 bits per heavy atom. The lowest BCUT2D eigenvalue weighted by Gasteiger charge is -2.15. The Hall–Kier alpha value is -2.13. The molecule has 0 aliphatic heterocycles. The van der Waals surface area contributed by atoms with Crippen LogP contribution in [0.2, 0.25) is 0 Å². The molecule has 2 aromatic rings. The van der Waals surface area contributed by atoms with Crippen LogP contribution in [0.3, 0.4) is 0 Å². The average Bonchev–Trinajstić information content (AvgIpc) is 2.68. The highest BCUT2D eigenvalue weighted by Crippen LogP contribution is 2.30. The fourth-order valence-corrected chi connectivity index (χ4v) is 2.80. The van der Waals surface area contributed by atoms with Crippen LogP contribution >= 0.6 is 12.4 Å². The number of aliphatic hydroxyl groups excluding tert-OH is 1. The number of carbonyl (C=O) groups is 1. The lowest BCUT2D eigenvalue weighted by Crippen LogP contribution is -2.26. The number of alkyl halides is 3. The third kappa shape index (κ3) is 7.60. The Balaban J connectivity index is 0.00000450. The third-order valence-electron chi connectivity index (χ3n) is 4.27. The minimum absolute atomic E-state index is 0. The van der Waals surface area contributed by atoms with Crippen LogP contribution in [0, 0.1) is 0 Å². The predicted octanol–water partition coefficient (Wildman–Crippen LogP) is 4.11. The van der Waals surface area contributed by atoms with E-state index in [4.69, 9.17) is 9.47 Å². The molecule has 0 aliphatic carbocycles. The number of carbonyl (C=O) groups excluding carboxylic acids is 1. The van der Waals surface area contributed by atoms with Gasteiger partial charge in [0.1, 0.15) is 18.5 Å². The molecular weight excluding hydrogens is 423 g/mol. The standard InChI is InChI=1S/C21H24F3NO4.ClH/c1-14(26)20(28-2)15-6-8-18(9-7-15)29-11-10-25-13-19(27)16-4-3-5-17(12-16)21(22,23)24;/h3-9,12,19-20,25,27H,10-11,13H2,1-2H3;1H. The number of hydrogen-bond donors (Lipinski definition) is 2. The normalized spacial score (nSPS) is 13.3. The second-order valence-electron chi connectivity index (χ2n) is 6.49. The van der Waals surface area contributed by atoms with Gasteiger partial charge in [-0.05, 0) is 42.3 Å². The van der Waals surface area contributed by atoms with Crippen molar-refractivity contribution in [2.75, 3.05) is 26.8 Å². The Bertz CT molecular complexity index is 800. The minimum atomic E-state index is -4.44. The summed E-state index contributed by atoms with van der Waals surface area (Å²) in [6, 6.07) is 11.6. The maximum Gasteiger partial charge on any atom is 0.416 e. The van der Waals surface area contributed by atoms with E-state index in [1.54, 1.807) is 24.3 Å². The van der Waals surface area contributed by atoms with Crippen molar-refractivity contribution < 1.29 is 32.5 Å². The summed E-state index contributed by atoms with van der Waals surface area (Å²) < 4.78 is 48.9. The molecule has 0 fully saturated rings. The molecule has 0 bridgehead atoms. The number of hydrogen-bond acceptors (Lipinski definition) is 5. The maximum atomic E-state index is 12.7. The van der Waals surface area contributed by atoms with Gasteiger partial charge >= 0.3 is 6.18 Å². The van der Waals surface area contributed by atoms with E-state index in [2.05, 4.69) is 5.32 Å². The molecule has 2 atom stereocenters. The first-order valence-electron chi connectivity index (χ1n) is 9.04. The van der Waals surface area contributed by atoms with Gasteiger partial charge in [-0.25, -0.2) is 0 Å². The van der Waals surface area contributed by atoms with Crippen molar-refractivity contribution >= 4 is 18.2 Å². The van der Waals surface area contributed by atoms with Crippen LogP contribution < -0.4 is 10.1 Å². The molecule has 166 valence electrons. The number of Topliss-reactive ketones (excluding diaryl/α,β-unsaturated/α-hetero) is 1. The molecule has 5 nitrogen and oxygen atoms in total. The molecule has 0 saturated heterocycles. The number of halogens is 4. The number of rotatable bonds is 10. The van der Waals surface area contributed by atoms with Crippen molar-refractivity contribution in [2.45, 2.75) is 25.3 Å². The van der Waals surface area contributed by atoms with Crippen LogP contribution in [-0.4, -0.2) is 37.7 Å². The van der Waals surface area contributed by atoms with Crippen LogP contribution in [0.25, 0.3) is 0 Å². The van der Waals surface area contributed by atoms with E-state index in [1.807, 2.05) is 0 Å². The zero-order valence-corrected chi connectivity index (χ0v) is 17.4. The van der Waals surface area contributed by atoms with Gasteiger partial charge in [0, 0.05) is 20.2 Å². The van der Waals surface area contributed by atoms with Crippen LogP contribution in [0.5, 0.6) is 5.75 Å². The van der Waals surface area contributed by atoms with E-state index in [9.17, 15) is 23.1 Å². The maximum absolute atomic E-state index is 12.7. The lowest BCUT2D eigenvalue weighted by atomic mass is 10.1. The fraction of sp³-hybridized carbons (Fsp3) is 0.381. The molecule has 30 heavy (non-hydrogen) atoms. The van der Waals surface area contributed by atoms with E-state index < -0.39 is 23.9 Å². The van der Waals surface area contributed by atoms with E-state index in [-0.39, 0.29) is 30.3 Å². The second-order valence-corrected chi connectivity index (χ2v) is 6.49. The first-order chi connectivity index (χ1) is 13.7. The topological polar surface area (TPSA) is 67.8 Å². The number of ether oxygens (including phenoxy) is 2. The summed E-state index contributed by atoms with van der Waals surface area (Å²) in [5.41, 5.74) is 0.137. The molecule has 2 aromatic carbocycles. The quantitative estimate of drug-likeness (QED) is 0.537. The zero-order chi connectivity index (χ0) is 21.4. The van der Waals surface area contributed by atoms with Crippen molar-refractivity contribution in [1.29, 1.82) is 0 Å². The molecular formula is C21H25ClF3NO4. The SMILES string of the molecule is COC(C(C)=O)c1ccc(OCCNCC(O)c2cccc(C(F)(F)F)c2)cc1.Cl. The van der Waals surface area contributed by atoms with Crippen LogP contribution in [0.4, 0.5) is 13.2 Å². The first kappa shape index (κ1) is 25.9. The first-order valence-corrected chi connectivity index (χ1v) is 9.04. The van der Waals surface area contributed by atoms with Crippen LogP contribution in [-0.2, 0) is 15.7 Å². The molecule has 0 amide bonds. The third-order valence-corrected chi connectivity index (χ3v) is 4.27. The molecule has 0 radical (unpaired) electrons. The van der Waals surface area contributed by atoms with Crippen LogP contribution in [0.1, 0.15) is 35.8 Å². The van der Waals surface area contributed by atoms with Gasteiger partial charge < -0.3 is 19.9 Å². The highest BCUT2D eigenvalue weighted by molar-refractivity contribution is 5.85. The van der Waals surface area contributed by atoms with E-state index in [0.717, 1.165) is 17.7 Å². The summed E-state index contributed by atoms with van der Waals surface area (Å²) in [6.45, 7) is 2.25. The number of benzene rings is 2. The Labute approximate surface area is 179 Å². The lowest BCUT2D eigenvalue weighted by molar-refractivity contribution is -0.137. The fourth-order valence-electron chi connectivity index (χ4n) is 2.80. The van der Waals surface area contributed by atoms with Crippen molar-refractivity contribution in [3.63, 3.8) is 0 Å². The molecule has 0 aromatic heterocycles. The highest BCUT2D eigenvalue weighted by atomic mass is 35.5. The van der Waals surface area contributed by atoms with Crippen molar-refractivity contribution in [2.24, 2.45) is 0 Å². The Morgan fingerprint density at radius 1 is 1.13 bits per heavy atom. The van der Waals surface area contributed by atoms with Crippen molar-refractivity contribution in [3.05, 3.63) is 65.2 Å². The number of ketones is 1. The number of methoxy groups -OCH3 is 1. The zero-order valence-electron chi connectivity index (χ0n) is 16.6. The Morgan fingerprint density at radius 3 is 2.37 bits per heavy atom. The molecule has 2 unspecified atom stereocenters. The van der Waals surface area contributed by atoms with E-state index in [0.29, 0.717) is 18.9 Å². The Kier molecular flexibility index (Phi) is 10.3. The summed E-state index contributed by atoms with van der Waals surface area (Å²) in [7, 11) is 1.47. The smallest absolute Gasteiger partial charge is 0.416 e. The van der Waals surface area contributed by atoms with Crippen LogP contribution in [0.15, 0.2) is 48.5 Å². The van der Waals surface area contributed by atoms with Crippen molar-refractivity contribution in [3.8, 4) is 5.75 Å². The molecule has 9 heteroatoms. The molecule has 2 rings (SSSR count). The summed E-state index contributed by atoms with van der Waals surface area (Å²) in [4.78, 5) is 11.5. The number of aliphatic hydroxyl groups is 1. The van der Waals surface area contributed by atoms with Gasteiger partial charge in [-0.15, -0.1) is 12.4 Å². The van der Waals surface area contributed by atoms with Gasteiger partial charge in [-0.3, -0.25) is 4.79 Å². The van der Waals surface area contributed by atoms with E-state index in [1.165, 1.54) is 26.2 Å². The molecule has 0 aliphatic rings. The molecule has 2 N–H and O–H groups in total. The minimum Gasteiger partial charge on any atom is -0.492 e. The van der Waals surface area contributed by atoms with Gasteiger partial charge in [-0.2, -0.15) is 13.2 Å². The van der Waals surface area contributed by atoms with Gasteiger partial charge in [0.15, 0.2) is 5.78 Å². The summed E-state index contributed by atoms with van der Waals surface area (Å²) in [5.74, 6) is 0.511. The predicted molar refractivity (Wildman–Crippen MR) is 109 cm³/mol.